The summed E-state index contributed by atoms with van der Waals surface area (Å²) < 4.78 is 2.63. The van der Waals surface area contributed by atoms with Gasteiger partial charge in [0.25, 0.3) is 0 Å². The zero-order chi connectivity index (χ0) is 40.2. The number of anilines is 5. The Balaban J connectivity index is 1.27. The molecule has 60 heavy (non-hydrogen) atoms. The fourth-order valence-electron chi connectivity index (χ4n) is 11.8. The minimum absolute atomic E-state index is 0.0663. The number of thiophene rings is 1. The molecule has 1 aromatic heterocycles. The van der Waals surface area contributed by atoms with Crippen LogP contribution in [0.25, 0.3) is 53.6 Å². The number of fused-ring (bicyclic) bond motifs is 14. The molecule has 0 saturated heterocycles. The zero-order valence-corrected chi connectivity index (χ0v) is 35.3. The van der Waals surface area contributed by atoms with Crippen LogP contribution in [-0.2, 0) is 10.8 Å². The van der Waals surface area contributed by atoms with Gasteiger partial charge in [0.2, 0.25) is 0 Å². The average molecular weight is 784 g/mol. The maximum atomic E-state index is 2.75. The molecule has 0 fully saturated rings. The van der Waals surface area contributed by atoms with Crippen molar-refractivity contribution in [2.75, 3.05) is 9.71 Å². The quantitative estimate of drug-likeness (QED) is 0.165. The summed E-state index contributed by atoms with van der Waals surface area (Å²) in [6.07, 6.45) is 0. The molecule has 1 aliphatic carbocycles. The van der Waals surface area contributed by atoms with Gasteiger partial charge in [-0.05, 0) is 85.8 Å². The summed E-state index contributed by atoms with van der Waals surface area (Å²) in [6.45, 7) is 11.8. The van der Waals surface area contributed by atoms with Crippen molar-refractivity contribution in [3.63, 3.8) is 0 Å². The topological polar surface area (TPSA) is 6.48 Å². The molecule has 0 spiro atoms. The van der Waals surface area contributed by atoms with Crippen molar-refractivity contribution in [1.29, 1.82) is 0 Å². The number of hydrogen-bond acceptors (Lipinski definition) is 3. The summed E-state index contributed by atoms with van der Waals surface area (Å²) in [5.74, 6) is 0. The van der Waals surface area contributed by atoms with E-state index in [1.54, 1.807) is 0 Å². The predicted octanol–water partition coefficient (Wildman–Crippen LogP) is 12.8. The van der Waals surface area contributed by atoms with Gasteiger partial charge in [0, 0.05) is 59.2 Å². The van der Waals surface area contributed by atoms with Gasteiger partial charge in [-0.3, -0.25) is 0 Å². The van der Waals surface area contributed by atoms with E-state index in [9.17, 15) is 0 Å². The Hall–Kier alpha value is -6.29. The van der Waals surface area contributed by atoms with Gasteiger partial charge >= 0.3 is 6.85 Å². The van der Waals surface area contributed by atoms with E-state index in [2.05, 4.69) is 209 Å². The predicted molar refractivity (Wildman–Crippen MR) is 259 cm³/mol. The lowest BCUT2D eigenvalue weighted by Gasteiger charge is -2.52. The van der Waals surface area contributed by atoms with Crippen LogP contribution in [0.15, 0.2) is 158 Å². The van der Waals surface area contributed by atoms with Crippen molar-refractivity contribution in [2.45, 2.75) is 45.3 Å². The Morgan fingerprint density at radius 1 is 0.533 bits per heavy atom. The van der Waals surface area contributed by atoms with Gasteiger partial charge in [-0.1, -0.05) is 167 Å². The molecular weight excluding hydrogens is 742 g/mol. The van der Waals surface area contributed by atoms with Crippen molar-refractivity contribution in [1.82, 2.24) is 0 Å². The van der Waals surface area contributed by atoms with Gasteiger partial charge in [-0.15, -0.1) is 11.3 Å². The van der Waals surface area contributed by atoms with E-state index in [1.807, 2.05) is 11.3 Å². The molecule has 0 atom stereocenters. The van der Waals surface area contributed by atoms with Gasteiger partial charge in [-0.25, -0.2) is 0 Å². The summed E-state index contributed by atoms with van der Waals surface area (Å²) in [6, 6.07) is 60.2. The summed E-state index contributed by atoms with van der Waals surface area (Å²) in [4.78, 5) is 5.44. The van der Waals surface area contributed by atoms with Crippen molar-refractivity contribution in [2.24, 2.45) is 0 Å². The van der Waals surface area contributed by atoms with E-state index in [1.165, 1.54) is 121 Å². The molecule has 5 heteroatoms. The summed E-state index contributed by atoms with van der Waals surface area (Å²) >= 11 is 1.91. The minimum Gasteiger partial charge on any atom is -0.376 e. The molecule has 1 radical (unpaired) electrons. The highest BCUT2D eigenvalue weighted by Crippen LogP contribution is 2.61. The van der Waals surface area contributed by atoms with E-state index in [-0.39, 0.29) is 17.7 Å². The molecule has 9 aromatic rings. The van der Waals surface area contributed by atoms with Crippen LogP contribution in [0.2, 0.25) is 6.82 Å². The standard InChI is InChI=1S/C55H41B2N2S/c1-54(2)40-22-12-13-24-44(40)59-52-36(20-15-23-41(52)54)49-50-38(34-18-9-11-21-39(34)55(50,3)4)31-45-51(49)57(59)42-27-29-47-48(35-19-10-14-25-46(35)60-47)53(42)58(45)43-28-26-33(56-5)30-37(43)32-16-7-6-8-17-32/h6-31H,1-5H3. The van der Waals surface area contributed by atoms with Gasteiger partial charge in [0.05, 0.1) is 11.4 Å². The molecule has 4 aliphatic rings. The van der Waals surface area contributed by atoms with E-state index in [0.717, 1.165) is 0 Å². The molecule has 2 nitrogen and oxygen atoms in total. The Labute approximate surface area is 357 Å². The first-order valence-electron chi connectivity index (χ1n) is 21.3. The molecule has 0 amide bonds. The second kappa shape index (κ2) is 11.9. The molecule has 13 rings (SSSR count). The zero-order valence-electron chi connectivity index (χ0n) is 34.5. The van der Waals surface area contributed by atoms with E-state index in [4.69, 9.17) is 0 Å². The average Bonchev–Trinajstić information content (AvgIpc) is 3.78. The first-order chi connectivity index (χ1) is 29.3. The maximum absolute atomic E-state index is 2.75. The first kappa shape index (κ1) is 34.6. The van der Waals surface area contributed by atoms with E-state index in [0.29, 0.717) is 0 Å². The van der Waals surface area contributed by atoms with Gasteiger partial charge in [-0.2, -0.15) is 0 Å². The van der Waals surface area contributed by atoms with Crippen LogP contribution >= 0.6 is 11.3 Å². The maximum Gasteiger partial charge on any atom is 0.333 e. The molecule has 0 N–H and O–H groups in total. The monoisotopic (exact) mass is 783 g/mol. The van der Waals surface area contributed by atoms with Crippen molar-refractivity contribution < 1.29 is 0 Å². The highest BCUT2D eigenvalue weighted by Gasteiger charge is 2.53. The van der Waals surface area contributed by atoms with Crippen LogP contribution in [0.4, 0.5) is 28.4 Å². The Morgan fingerprint density at radius 2 is 1.27 bits per heavy atom. The fraction of sp³-hybridized carbons (Fsp3) is 0.127. The van der Waals surface area contributed by atoms with E-state index < -0.39 is 0 Å². The van der Waals surface area contributed by atoms with Crippen molar-refractivity contribution >= 4 is 90.5 Å². The Kier molecular flexibility index (Phi) is 6.87. The third kappa shape index (κ3) is 4.26. The summed E-state index contributed by atoms with van der Waals surface area (Å²) in [7, 11) is 2.22. The summed E-state index contributed by atoms with van der Waals surface area (Å²) in [5, 5.41) is 2.64. The lowest BCUT2D eigenvalue weighted by Crippen LogP contribution is -2.63. The Morgan fingerprint density at radius 3 is 2.12 bits per heavy atom. The number of benzene rings is 8. The van der Waals surface area contributed by atoms with Crippen LogP contribution in [0.3, 0.4) is 0 Å². The van der Waals surface area contributed by atoms with Gasteiger partial charge in [0.15, 0.2) is 0 Å². The number of nitrogens with zero attached hydrogens (tertiary/aromatic N) is 2. The summed E-state index contributed by atoms with van der Waals surface area (Å²) in [5.41, 5.74) is 23.4. The SMILES string of the molecule is C[B]c1ccc(N2c3cc4c(c5c3B(c3ccc6sc7ccccc7c6c32)N2c3ccccc3C(C)(C)c3cccc-5c32)C(C)(C)c2ccccc2-4)c(-c2ccccc2)c1. The van der Waals surface area contributed by atoms with Crippen molar-refractivity contribution in [3.8, 4) is 33.4 Å². The van der Waals surface area contributed by atoms with Crippen LogP contribution in [0.5, 0.6) is 0 Å². The largest absolute Gasteiger partial charge is 0.376 e. The van der Waals surface area contributed by atoms with Crippen LogP contribution < -0.4 is 26.1 Å². The fourth-order valence-corrected chi connectivity index (χ4v) is 12.9. The Bertz CT molecular complexity index is 3340. The molecule has 3 aliphatic heterocycles. The molecule has 0 bridgehead atoms. The van der Waals surface area contributed by atoms with Crippen molar-refractivity contribution in [3.05, 3.63) is 180 Å². The number of hydrogen-bond donors (Lipinski definition) is 0. The number of para-hydroxylation sites is 2. The molecule has 283 valence electrons. The van der Waals surface area contributed by atoms with Gasteiger partial charge < -0.3 is 9.71 Å². The normalized spacial score (nSPS) is 15.6. The first-order valence-corrected chi connectivity index (χ1v) is 22.2. The van der Waals surface area contributed by atoms with Crippen LogP contribution in [-0.4, -0.2) is 14.1 Å². The highest BCUT2D eigenvalue weighted by molar-refractivity contribution is 7.26. The van der Waals surface area contributed by atoms with Crippen LogP contribution in [0, 0.1) is 0 Å². The third-order valence-corrected chi connectivity index (χ3v) is 15.6. The second-order valence-electron chi connectivity index (χ2n) is 18.1. The number of rotatable bonds is 3. The van der Waals surface area contributed by atoms with Crippen LogP contribution in [0.1, 0.15) is 49.9 Å². The molecular formula is C55H41B2N2S. The smallest absolute Gasteiger partial charge is 0.333 e. The molecule has 0 unspecified atom stereocenters. The minimum atomic E-state index is -0.208. The lowest BCUT2D eigenvalue weighted by molar-refractivity contribution is 0.633. The van der Waals surface area contributed by atoms with Gasteiger partial charge in [0.1, 0.15) is 7.28 Å². The third-order valence-electron chi connectivity index (χ3n) is 14.4. The highest BCUT2D eigenvalue weighted by atomic mass is 32.1. The molecule has 8 aromatic carbocycles. The second-order valence-corrected chi connectivity index (χ2v) is 19.2. The molecule has 0 saturated carbocycles. The molecule has 4 heterocycles. The van der Waals surface area contributed by atoms with E-state index >= 15 is 0 Å². The lowest BCUT2D eigenvalue weighted by atomic mass is 9.41.